The Bertz CT molecular complexity index is 967. The van der Waals surface area contributed by atoms with Crippen LogP contribution in [0.3, 0.4) is 0 Å². The summed E-state index contributed by atoms with van der Waals surface area (Å²) in [6.45, 7) is -0.474. The van der Waals surface area contributed by atoms with E-state index >= 15 is 0 Å². The van der Waals surface area contributed by atoms with Gasteiger partial charge in [-0.2, -0.15) is 0 Å². The first kappa shape index (κ1) is 19.2. The lowest BCUT2D eigenvalue weighted by atomic mass is 10.1. The summed E-state index contributed by atoms with van der Waals surface area (Å²) in [7, 11) is -4.86. The summed E-state index contributed by atoms with van der Waals surface area (Å²) in [6, 6.07) is 12.5. The van der Waals surface area contributed by atoms with Gasteiger partial charge in [-0.1, -0.05) is 29.4 Å². The van der Waals surface area contributed by atoms with Gasteiger partial charge >= 0.3 is 0 Å². The first-order chi connectivity index (χ1) is 12.9. The second kappa shape index (κ2) is 7.99. The van der Waals surface area contributed by atoms with E-state index in [4.69, 9.17) is 20.3 Å². The number of phosphoric acid groups is 1. The molecule has 4 N–H and O–H groups in total. The highest BCUT2D eigenvalue weighted by molar-refractivity contribution is 7.44. The van der Waals surface area contributed by atoms with Gasteiger partial charge in [-0.3, -0.25) is 14.8 Å². The summed E-state index contributed by atoms with van der Waals surface area (Å²) in [5.41, 5.74) is 9.07. The number of aromatic nitrogens is 2. The molecule has 0 aliphatic carbocycles. The van der Waals surface area contributed by atoms with E-state index in [9.17, 15) is 9.46 Å². The van der Waals surface area contributed by atoms with Gasteiger partial charge in [-0.25, -0.2) is 4.57 Å². The molecule has 3 aromatic rings. The molecule has 3 rings (SSSR count). The van der Waals surface area contributed by atoms with E-state index in [1.165, 1.54) is 10.8 Å². The second-order valence-electron chi connectivity index (χ2n) is 5.84. The van der Waals surface area contributed by atoms with Crippen LogP contribution < -0.4 is 15.2 Å². The molecule has 1 aromatic carbocycles. The number of anilines is 1. The maximum absolute atomic E-state index is 10.8. The van der Waals surface area contributed by atoms with Crippen molar-refractivity contribution in [3.8, 4) is 11.3 Å². The summed E-state index contributed by atoms with van der Waals surface area (Å²) in [6.07, 6.45) is 2.05. The van der Waals surface area contributed by atoms with Crippen molar-refractivity contribution >= 4 is 13.6 Å². The molecule has 0 spiro atoms. The Morgan fingerprint density at radius 2 is 1.96 bits per heavy atom. The van der Waals surface area contributed by atoms with E-state index in [-0.39, 0.29) is 12.4 Å². The van der Waals surface area contributed by atoms with Gasteiger partial charge in [0.05, 0.1) is 18.5 Å². The lowest BCUT2D eigenvalue weighted by molar-refractivity contribution is -0.712. The zero-order valence-electron chi connectivity index (χ0n) is 14.2. The quantitative estimate of drug-likeness (QED) is 0.395. The van der Waals surface area contributed by atoms with Crippen LogP contribution in [0.2, 0.25) is 0 Å². The van der Waals surface area contributed by atoms with Gasteiger partial charge in [-0.05, 0) is 23.3 Å². The number of pyridine rings is 1. The Labute approximate surface area is 154 Å². The van der Waals surface area contributed by atoms with Crippen LogP contribution in [0.5, 0.6) is 0 Å². The van der Waals surface area contributed by atoms with Crippen molar-refractivity contribution in [1.29, 1.82) is 0 Å². The van der Waals surface area contributed by atoms with E-state index in [0.29, 0.717) is 23.4 Å². The molecule has 0 aliphatic heterocycles. The molecule has 0 saturated carbocycles. The highest BCUT2D eigenvalue weighted by Crippen LogP contribution is 2.30. The van der Waals surface area contributed by atoms with E-state index in [1.807, 2.05) is 24.3 Å². The van der Waals surface area contributed by atoms with Crippen LogP contribution >= 0.6 is 7.82 Å². The fraction of sp³-hybridized carbons (Fsp3) is 0.176. The predicted molar refractivity (Wildman–Crippen MR) is 92.6 cm³/mol. The van der Waals surface area contributed by atoms with E-state index in [1.54, 1.807) is 18.2 Å². The van der Waals surface area contributed by atoms with Gasteiger partial charge in [0.25, 0.3) is 13.6 Å². The van der Waals surface area contributed by atoms with Crippen LogP contribution in [0, 0.1) is 0 Å². The third-order valence-corrected chi connectivity index (χ3v) is 4.33. The molecule has 2 aromatic heterocycles. The third-order valence-electron chi connectivity index (χ3n) is 3.89. The van der Waals surface area contributed by atoms with Crippen molar-refractivity contribution in [3.63, 3.8) is 0 Å². The minimum absolute atomic E-state index is 0.0104. The topological polar surface area (TPSA) is 146 Å². The molecule has 142 valence electrons. The van der Waals surface area contributed by atoms with Crippen LogP contribution in [0.25, 0.3) is 11.3 Å². The van der Waals surface area contributed by atoms with Gasteiger partial charge < -0.3 is 19.4 Å². The molecule has 10 heteroatoms. The van der Waals surface area contributed by atoms with Crippen LogP contribution in [0.15, 0.2) is 53.2 Å². The Hall–Kier alpha value is -2.55. The number of aliphatic hydroxyl groups excluding tert-OH is 1. The van der Waals surface area contributed by atoms with Crippen LogP contribution in [-0.4, -0.2) is 15.2 Å². The number of nitrogens with zero attached hydrogens (tertiary/aromatic N) is 2. The zero-order chi connectivity index (χ0) is 19.4. The number of hydrogen-bond donors (Lipinski definition) is 3. The van der Waals surface area contributed by atoms with Crippen molar-refractivity contribution in [2.24, 2.45) is 0 Å². The number of rotatable bonds is 7. The third kappa shape index (κ3) is 5.00. The minimum atomic E-state index is -4.86. The van der Waals surface area contributed by atoms with Gasteiger partial charge in [0.15, 0.2) is 12.5 Å². The second-order valence-corrected chi connectivity index (χ2v) is 7.03. The standard InChI is InChI=1S/C17H18N3O6P/c18-17-15(2-1-7-20(17)11-25-27(22,23)24)16-9-14(19-26-16)8-12-3-5-13(10-21)6-4-12/h1-7,9,18,21H,8,10-11H2,(H2,22,23,24). The Morgan fingerprint density at radius 3 is 2.63 bits per heavy atom. The van der Waals surface area contributed by atoms with Crippen LogP contribution in [-0.2, 0) is 28.8 Å². The minimum Gasteiger partial charge on any atom is -0.756 e. The van der Waals surface area contributed by atoms with Crippen molar-refractivity contribution in [3.05, 3.63) is 65.5 Å². The largest absolute Gasteiger partial charge is 0.756 e. The number of aliphatic hydroxyl groups is 1. The van der Waals surface area contributed by atoms with Crippen molar-refractivity contribution < 1.29 is 33.1 Å². The average molecular weight is 391 g/mol. The number of nitrogens with two attached hydrogens (primary N) is 1. The Morgan fingerprint density at radius 1 is 1.26 bits per heavy atom. The van der Waals surface area contributed by atoms with E-state index < -0.39 is 14.6 Å². The van der Waals surface area contributed by atoms with Gasteiger partial charge in [-0.15, -0.1) is 0 Å². The highest BCUT2D eigenvalue weighted by atomic mass is 31.2. The normalized spacial score (nSPS) is 13.4. The highest BCUT2D eigenvalue weighted by Gasteiger charge is 2.18. The van der Waals surface area contributed by atoms with Crippen molar-refractivity contribution in [1.82, 2.24) is 5.16 Å². The lowest BCUT2D eigenvalue weighted by Gasteiger charge is -2.14. The monoisotopic (exact) mass is 391 g/mol. The SMILES string of the molecule is Nc1c(-c2cc(Cc3ccc(CO)cc3)no2)ccc[n+]1COP(=O)([O-])O. The Balaban J connectivity index is 1.78. The average Bonchev–Trinajstić information content (AvgIpc) is 3.09. The molecule has 0 saturated heterocycles. The smallest absolute Gasteiger partial charge is 0.285 e. The van der Waals surface area contributed by atoms with Gasteiger partial charge in [0.2, 0.25) is 0 Å². The molecule has 0 radical (unpaired) electrons. The first-order valence-electron chi connectivity index (χ1n) is 7.96. The number of benzene rings is 1. The van der Waals surface area contributed by atoms with Gasteiger partial charge in [0, 0.05) is 12.5 Å². The first-order valence-corrected chi connectivity index (χ1v) is 9.46. The zero-order valence-corrected chi connectivity index (χ0v) is 15.1. The number of hydrogen-bond acceptors (Lipinski definition) is 7. The molecule has 9 nitrogen and oxygen atoms in total. The van der Waals surface area contributed by atoms with E-state index in [2.05, 4.69) is 9.68 Å². The molecule has 0 amide bonds. The van der Waals surface area contributed by atoms with Crippen molar-refractivity contribution in [2.45, 2.75) is 19.8 Å². The molecule has 27 heavy (non-hydrogen) atoms. The lowest BCUT2D eigenvalue weighted by Crippen LogP contribution is -2.38. The summed E-state index contributed by atoms with van der Waals surface area (Å²) in [5, 5.41) is 13.1. The molecule has 0 fully saturated rings. The maximum Gasteiger partial charge on any atom is 0.285 e. The summed E-state index contributed by atoms with van der Waals surface area (Å²) in [4.78, 5) is 19.5. The molecule has 2 heterocycles. The van der Waals surface area contributed by atoms with Crippen LogP contribution in [0.1, 0.15) is 16.8 Å². The van der Waals surface area contributed by atoms with Gasteiger partial charge in [0.1, 0.15) is 5.56 Å². The molecule has 0 aliphatic rings. The summed E-state index contributed by atoms with van der Waals surface area (Å²) in [5.74, 6) is 0.610. The maximum atomic E-state index is 10.8. The summed E-state index contributed by atoms with van der Waals surface area (Å²) >= 11 is 0. The molecule has 0 bridgehead atoms. The van der Waals surface area contributed by atoms with Crippen LogP contribution in [0.4, 0.5) is 5.82 Å². The molecular formula is C17H18N3O6P. The fourth-order valence-corrected chi connectivity index (χ4v) is 2.78. The fourth-order valence-electron chi connectivity index (χ4n) is 2.51. The Kier molecular flexibility index (Phi) is 5.69. The molecule has 1 unspecified atom stereocenters. The van der Waals surface area contributed by atoms with Crippen molar-refractivity contribution in [2.75, 3.05) is 5.73 Å². The summed E-state index contributed by atoms with van der Waals surface area (Å²) < 4.78 is 21.8. The van der Waals surface area contributed by atoms with E-state index in [0.717, 1.165) is 11.1 Å². The molecule has 1 atom stereocenters. The number of nitrogen functional groups attached to an aromatic ring is 1. The predicted octanol–water partition coefficient (Wildman–Crippen LogP) is 0.729. The number of phosphoric ester groups is 1. The molecular weight excluding hydrogens is 373 g/mol.